The molecule has 1 aromatic rings. The Kier molecular flexibility index (Phi) is 5.07. The largest absolute Gasteiger partial charge is 0.416 e. The number of nitrogens with one attached hydrogen (secondary N) is 1. The van der Waals surface area contributed by atoms with Crippen molar-refractivity contribution in [3.63, 3.8) is 0 Å². The van der Waals surface area contributed by atoms with Gasteiger partial charge < -0.3 is 10.4 Å². The third kappa shape index (κ3) is 4.16. The number of alkyl halides is 3. The summed E-state index contributed by atoms with van der Waals surface area (Å²) in [5, 5.41) is 12.9. The predicted octanol–water partition coefficient (Wildman–Crippen LogP) is 2.62. The van der Waals surface area contributed by atoms with Gasteiger partial charge in [-0.05, 0) is 43.2 Å². The van der Waals surface area contributed by atoms with Gasteiger partial charge in [-0.1, -0.05) is 12.1 Å². The molecule has 1 aliphatic heterocycles. The Morgan fingerprint density at radius 3 is 2.55 bits per heavy atom. The lowest BCUT2D eigenvalue weighted by atomic mass is 10.0. The number of rotatable bonds is 4. The number of aliphatic hydroxyl groups is 1. The quantitative estimate of drug-likeness (QED) is 0.890. The normalized spacial score (nSPS) is 23.3. The van der Waals surface area contributed by atoms with Crippen LogP contribution >= 0.6 is 11.8 Å². The van der Waals surface area contributed by atoms with Crippen LogP contribution in [0.2, 0.25) is 0 Å². The van der Waals surface area contributed by atoms with Gasteiger partial charge in [0.25, 0.3) is 5.91 Å². The monoisotopic (exact) mass is 333 g/mol. The standard InChI is InChI=1S/C15H18F3NO2S/c1-10(19-13(20)14(21)6-7-22-9-14)8-11-2-4-12(5-3-11)15(16,17)18/h2-5,10,21H,6-9H2,1H3,(H,19,20). The van der Waals surface area contributed by atoms with E-state index in [-0.39, 0.29) is 6.04 Å². The zero-order valence-corrected chi connectivity index (χ0v) is 12.9. The van der Waals surface area contributed by atoms with Crippen molar-refractivity contribution in [2.75, 3.05) is 11.5 Å². The molecular weight excluding hydrogens is 315 g/mol. The zero-order valence-electron chi connectivity index (χ0n) is 12.1. The summed E-state index contributed by atoms with van der Waals surface area (Å²) in [4.78, 5) is 12.0. The molecule has 2 N–H and O–H groups in total. The predicted molar refractivity (Wildman–Crippen MR) is 79.6 cm³/mol. The zero-order chi connectivity index (χ0) is 16.4. The van der Waals surface area contributed by atoms with E-state index in [9.17, 15) is 23.1 Å². The molecular formula is C15H18F3NO2S. The Morgan fingerprint density at radius 2 is 2.05 bits per heavy atom. The molecule has 0 bridgehead atoms. The fourth-order valence-corrected chi connectivity index (χ4v) is 3.57. The van der Waals surface area contributed by atoms with Crippen LogP contribution in [0.3, 0.4) is 0 Å². The Hall–Kier alpha value is -1.21. The molecule has 22 heavy (non-hydrogen) atoms. The summed E-state index contributed by atoms with van der Waals surface area (Å²) in [5.41, 5.74) is -1.31. The van der Waals surface area contributed by atoms with Crippen molar-refractivity contribution in [3.05, 3.63) is 35.4 Å². The molecule has 0 aliphatic carbocycles. The third-order valence-corrected chi connectivity index (χ3v) is 4.80. The van der Waals surface area contributed by atoms with E-state index in [0.717, 1.165) is 17.9 Å². The molecule has 1 aromatic carbocycles. The smallest absolute Gasteiger partial charge is 0.379 e. The molecule has 0 aromatic heterocycles. The molecule has 122 valence electrons. The Bertz CT molecular complexity index is 525. The molecule has 2 rings (SSSR count). The van der Waals surface area contributed by atoms with E-state index in [0.29, 0.717) is 24.2 Å². The summed E-state index contributed by atoms with van der Waals surface area (Å²) in [7, 11) is 0. The molecule has 0 saturated carbocycles. The fourth-order valence-electron chi connectivity index (χ4n) is 2.33. The second kappa shape index (κ2) is 6.50. The van der Waals surface area contributed by atoms with Gasteiger partial charge in [-0.15, -0.1) is 0 Å². The molecule has 0 radical (unpaired) electrons. The fraction of sp³-hybridized carbons (Fsp3) is 0.533. The van der Waals surface area contributed by atoms with Gasteiger partial charge in [0.05, 0.1) is 5.56 Å². The highest BCUT2D eigenvalue weighted by atomic mass is 32.2. The highest BCUT2D eigenvalue weighted by molar-refractivity contribution is 7.99. The van der Waals surface area contributed by atoms with E-state index in [1.165, 1.54) is 23.9 Å². The number of thioether (sulfide) groups is 1. The molecule has 0 spiro atoms. The van der Waals surface area contributed by atoms with Crippen LogP contribution in [0.25, 0.3) is 0 Å². The molecule has 2 atom stereocenters. The minimum absolute atomic E-state index is 0.265. The summed E-state index contributed by atoms with van der Waals surface area (Å²) < 4.78 is 37.4. The summed E-state index contributed by atoms with van der Waals surface area (Å²) in [6.45, 7) is 1.76. The van der Waals surface area contributed by atoms with Crippen molar-refractivity contribution in [2.24, 2.45) is 0 Å². The van der Waals surface area contributed by atoms with E-state index in [1.807, 2.05) is 0 Å². The van der Waals surface area contributed by atoms with Crippen LogP contribution in [0.1, 0.15) is 24.5 Å². The second-order valence-electron chi connectivity index (χ2n) is 5.61. The minimum atomic E-state index is -4.35. The first-order chi connectivity index (χ1) is 10.2. The number of carbonyl (C=O) groups excluding carboxylic acids is 1. The second-order valence-corrected chi connectivity index (χ2v) is 6.71. The van der Waals surface area contributed by atoms with Crippen molar-refractivity contribution < 1.29 is 23.1 Å². The lowest BCUT2D eigenvalue weighted by molar-refractivity contribution is -0.138. The average molecular weight is 333 g/mol. The van der Waals surface area contributed by atoms with Crippen LogP contribution < -0.4 is 5.32 Å². The first kappa shape index (κ1) is 17.1. The van der Waals surface area contributed by atoms with Gasteiger partial charge in [-0.2, -0.15) is 24.9 Å². The van der Waals surface area contributed by atoms with E-state index >= 15 is 0 Å². The summed E-state index contributed by atoms with van der Waals surface area (Å²) in [6, 6.07) is 4.62. The molecule has 1 fully saturated rings. The molecule has 3 nitrogen and oxygen atoms in total. The maximum atomic E-state index is 12.5. The van der Waals surface area contributed by atoms with Crippen LogP contribution in [0, 0.1) is 0 Å². The van der Waals surface area contributed by atoms with Crippen molar-refractivity contribution in [3.8, 4) is 0 Å². The topological polar surface area (TPSA) is 49.3 Å². The van der Waals surface area contributed by atoms with Crippen LogP contribution in [0.4, 0.5) is 13.2 Å². The highest BCUT2D eigenvalue weighted by Crippen LogP contribution is 2.29. The van der Waals surface area contributed by atoms with Crippen molar-refractivity contribution in [1.29, 1.82) is 0 Å². The number of hydrogen-bond donors (Lipinski definition) is 2. The average Bonchev–Trinajstić information content (AvgIpc) is 2.86. The number of amides is 1. The lowest BCUT2D eigenvalue weighted by Crippen LogP contribution is -2.50. The third-order valence-electron chi connectivity index (χ3n) is 3.62. The van der Waals surface area contributed by atoms with Crippen LogP contribution in [-0.2, 0) is 17.4 Å². The molecule has 2 unspecified atom stereocenters. The summed E-state index contributed by atoms with van der Waals surface area (Å²) in [6.07, 6.45) is -3.51. The maximum absolute atomic E-state index is 12.5. The first-order valence-electron chi connectivity index (χ1n) is 6.98. The number of halogens is 3. The van der Waals surface area contributed by atoms with Crippen LogP contribution in [-0.4, -0.2) is 34.2 Å². The van der Waals surface area contributed by atoms with E-state index in [4.69, 9.17) is 0 Å². The van der Waals surface area contributed by atoms with Gasteiger partial charge in [0, 0.05) is 11.8 Å². The van der Waals surface area contributed by atoms with Crippen molar-refractivity contribution in [1.82, 2.24) is 5.32 Å². The van der Waals surface area contributed by atoms with Crippen LogP contribution in [0.15, 0.2) is 24.3 Å². The van der Waals surface area contributed by atoms with Crippen molar-refractivity contribution in [2.45, 2.75) is 37.6 Å². The lowest BCUT2D eigenvalue weighted by Gasteiger charge is -2.23. The SMILES string of the molecule is CC(Cc1ccc(C(F)(F)F)cc1)NC(=O)C1(O)CCSC1. The Morgan fingerprint density at radius 1 is 1.41 bits per heavy atom. The van der Waals surface area contributed by atoms with Gasteiger partial charge in [0.2, 0.25) is 0 Å². The summed E-state index contributed by atoms with van der Waals surface area (Å²) >= 11 is 1.53. The maximum Gasteiger partial charge on any atom is 0.416 e. The molecule has 1 aliphatic rings. The van der Waals surface area contributed by atoms with E-state index < -0.39 is 23.2 Å². The number of hydrogen-bond acceptors (Lipinski definition) is 3. The number of benzene rings is 1. The van der Waals surface area contributed by atoms with Gasteiger partial charge in [-0.25, -0.2) is 0 Å². The molecule has 1 amide bonds. The van der Waals surface area contributed by atoms with Gasteiger partial charge in [0.1, 0.15) is 0 Å². The van der Waals surface area contributed by atoms with Crippen molar-refractivity contribution >= 4 is 17.7 Å². The first-order valence-corrected chi connectivity index (χ1v) is 8.13. The molecule has 1 heterocycles. The molecule has 7 heteroatoms. The van der Waals surface area contributed by atoms with Gasteiger partial charge in [0.15, 0.2) is 5.60 Å². The Balaban J connectivity index is 1.92. The minimum Gasteiger partial charge on any atom is -0.379 e. The van der Waals surface area contributed by atoms with E-state index in [1.54, 1.807) is 6.92 Å². The van der Waals surface area contributed by atoms with Gasteiger partial charge in [-0.3, -0.25) is 4.79 Å². The summed E-state index contributed by atoms with van der Waals surface area (Å²) in [5.74, 6) is 0.722. The molecule has 1 saturated heterocycles. The van der Waals surface area contributed by atoms with Gasteiger partial charge >= 0.3 is 6.18 Å². The van der Waals surface area contributed by atoms with E-state index in [2.05, 4.69) is 5.32 Å². The van der Waals surface area contributed by atoms with Crippen LogP contribution in [0.5, 0.6) is 0 Å². The highest BCUT2D eigenvalue weighted by Gasteiger charge is 2.39. The number of carbonyl (C=O) groups is 1. The Labute approximate surface area is 131 Å².